The normalized spacial score (nSPS) is 24.8. The fourth-order valence-corrected chi connectivity index (χ4v) is 2.38. The van der Waals surface area contributed by atoms with Gasteiger partial charge in [-0.3, -0.25) is 0 Å². The Hall–Kier alpha value is -1.40. The van der Waals surface area contributed by atoms with Gasteiger partial charge >= 0.3 is 0 Å². The van der Waals surface area contributed by atoms with E-state index in [1.165, 1.54) is 6.33 Å². The van der Waals surface area contributed by atoms with Gasteiger partial charge < -0.3 is 15.4 Å². The summed E-state index contributed by atoms with van der Waals surface area (Å²) < 4.78 is 0. The zero-order valence-electron chi connectivity index (χ0n) is 11.0. The van der Waals surface area contributed by atoms with Crippen molar-refractivity contribution in [3.63, 3.8) is 0 Å². The summed E-state index contributed by atoms with van der Waals surface area (Å²) in [5.41, 5.74) is 2.96. The van der Waals surface area contributed by atoms with E-state index in [1.807, 2.05) is 13.8 Å². The Bertz CT molecular complexity index is 421. The lowest BCUT2D eigenvalue weighted by atomic mass is 9.98. The maximum Gasteiger partial charge on any atom is 0.148 e. The highest BCUT2D eigenvalue weighted by Gasteiger charge is 2.26. The zero-order valence-corrected chi connectivity index (χ0v) is 11.0. The van der Waals surface area contributed by atoms with Crippen molar-refractivity contribution in [1.29, 1.82) is 0 Å². The summed E-state index contributed by atoms with van der Waals surface area (Å²) in [5, 5.41) is 10.1. The van der Waals surface area contributed by atoms with E-state index in [0.717, 1.165) is 43.7 Å². The van der Waals surface area contributed by atoms with E-state index >= 15 is 0 Å². The van der Waals surface area contributed by atoms with Crippen LogP contribution in [0.5, 0.6) is 0 Å². The van der Waals surface area contributed by atoms with Gasteiger partial charge in [-0.25, -0.2) is 15.8 Å². The minimum absolute atomic E-state index is 0.565. The Kier molecular flexibility index (Phi) is 3.68. The number of anilines is 2. The lowest BCUT2D eigenvalue weighted by Crippen LogP contribution is -2.29. The van der Waals surface area contributed by atoms with Gasteiger partial charge in [-0.2, -0.15) is 0 Å². The average molecular weight is 251 g/mol. The van der Waals surface area contributed by atoms with E-state index in [1.54, 1.807) is 0 Å². The largest absolute Gasteiger partial charge is 0.390 e. The van der Waals surface area contributed by atoms with Gasteiger partial charge in [0.05, 0.1) is 5.60 Å². The van der Waals surface area contributed by atoms with Crippen LogP contribution in [0.2, 0.25) is 0 Å². The van der Waals surface area contributed by atoms with Gasteiger partial charge in [-0.05, 0) is 33.1 Å². The Morgan fingerprint density at radius 3 is 2.89 bits per heavy atom. The summed E-state index contributed by atoms with van der Waals surface area (Å²) in [5.74, 6) is 6.97. The zero-order chi connectivity index (χ0) is 13.2. The van der Waals surface area contributed by atoms with Crippen molar-refractivity contribution in [2.75, 3.05) is 23.4 Å². The second-order valence-electron chi connectivity index (χ2n) is 5.15. The van der Waals surface area contributed by atoms with Crippen LogP contribution >= 0.6 is 0 Å². The molecule has 0 amide bonds. The second-order valence-corrected chi connectivity index (χ2v) is 5.15. The van der Waals surface area contributed by atoms with Crippen LogP contribution in [0.25, 0.3) is 0 Å². The molecule has 18 heavy (non-hydrogen) atoms. The van der Waals surface area contributed by atoms with Crippen LogP contribution in [-0.4, -0.2) is 33.8 Å². The second kappa shape index (κ2) is 5.07. The Balaban J connectivity index is 2.21. The van der Waals surface area contributed by atoms with Gasteiger partial charge in [0, 0.05) is 18.7 Å². The van der Waals surface area contributed by atoms with Crippen LogP contribution in [0, 0.1) is 6.92 Å². The van der Waals surface area contributed by atoms with Crippen LogP contribution in [0.15, 0.2) is 6.33 Å². The van der Waals surface area contributed by atoms with Gasteiger partial charge in [0.25, 0.3) is 0 Å². The third-order valence-electron chi connectivity index (χ3n) is 3.56. The molecule has 0 aliphatic carbocycles. The van der Waals surface area contributed by atoms with Crippen molar-refractivity contribution in [2.24, 2.45) is 5.84 Å². The quantitative estimate of drug-likeness (QED) is 0.532. The number of hydrazine groups is 1. The number of aliphatic hydroxyl groups is 1. The van der Waals surface area contributed by atoms with Gasteiger partial charge in [0.2, 0.25) is 0 Å². The van der Waals surface area contributed by atoms with E-state index < -0.39 is 5.60 Å². The molecule has 1 aliphatic heterocycles. The average Bonchev–Trinajstić information content (AvgIpc) is 2.51. The molecule has 1 aromatic rings. The van der Waals surface area contributed by atoms with Crippen molar-refractivity contribution < 1.29 is 5.11 Å². The molecule has 2 rings (SSSR count). The molecule has 0 spiro atoms. The smallest absolute Gasteiger partial charge is 0.148 e. The number of nitrogens with zero attached hydrogens (tertiary/aromatic N) is 3. The molecular formula is C12H21N5O. The molecular weight excluding hydrogens is 230 g/mol. The number of aromatic nitrogens is 2. The number of rotatable bonds is 2. The molecule has 1 atom stereocenters. The minimum Gasteiger partial charge on any atom is -0.390 e. The lowest BCUT2D eigenvalue weighted by Gasteiger charge is -2.25. The van der Waals surface area contributed by atoms with Crippen LogP contribution < -0.4 is 16.2 Å². The monoisotopic (exact) mass is 251 g/mol. The molecule has 2 heterocycles. The van der Waals surface area contributed by atoms with Crippen molar-refractivity contribution in [1.82, 2.24) is 9.97 Å². The van der Waals surface area contributed by atoms with Gasteiger partial charge in [0.1, 0.15) is 18.0 Å². The first-order chi connectivity index (χ1) is 8.53. The topological polar surface area (TPSA) is 87.3 Å². The maximum atomic E-state index is 10.1. The fraction of sp³-hybridized carbons (Fsp3) is 0.667. The van der Waals surface area contributed by atoms with Gasteiger partial charge in [0.15, 0.2) is 0 Å². The van der Waals surface area contributed by atoms with Crippen LogP contribution in [-0.2, 0) is 0 Å². The van der Waals surface area contributed by atoms with Crippen LogP contribution in [0.4, 0.5) is 11.6 Å². The van der Waals surface area contributed by atoms with E-state index in [4.69, 9.17) is 5.84 Å². The molecule has 6 heteroatoms. The van der Waals surface area contributed by atoms with E-state index in [0.29, 0.717) is 5.82 Å². The molecule has 1 saturated heterocycles. The molecule has 1 aliphatic rings. The number of hydrogen-bond donors (Lipinski definition) is 3. The Morgan fingerprint density at radius 2 is 2.17 bits per heavy atom. The molecule has 6 nitrogen and oxygen atoms in total. The van der Waals surface area contributed by atoms with Crippen molar-refractivity contribution in [2.45, 2.75) is 38.7 Å². The van der Waals surface area contributed by atoms with Crippen molar-refractivity contribution in [3.8, 4) is 0 Å². The Morgan fingerprint density at radius 1 is 1.39 bits per heavy atom. The van der Waals surface area contributed by atoms with E-state index in [9.17, 15) is 5.11 Å². The molecule has 1 aromatic heterocycles. The highest BCUT2D eigenvalue weighted by atomic mass is 16.3. The molecule has 0 aromatic carbocycles. The number of nitrogens with one attached hydrogen (secondary N) is 1. The first kappa shape index (κ1) is 13.0. The van der Waals surface area contributed by atoms with E-state index in [-0.39, 0.29) is 0 Å². The third kappa shape index (κ3) is 2.70. The maximum absolute atomic E-state index is 10.1. The predicted molar refractivity (Wildman–Crippen MR) is 71.3 cm³/mol. The molecule has 1 unspecified atom stereocenters. The summed E-state index contributed by atoms with van der Waals surface area (Å²) in [6.07, 6.45) is 4.06. The lowest BCUT2D eigenvalue weighted by molar-refractivity contribution is 0.0481. The van der Waals surface area contributed by atoms with Gasteiger partial charge in [-0.15, -0.1) is 0 Å². The number of nitrogen functional groups attached to an aromatic ring is 1. The van der Waals surface area contributed by atoms with Crippen LogP contribution in [0.3, 0.4) is 0 Å². The summed E-state index contributed by atoms with van der Waals surface area (Å²) in [6, 6.07) is 0. The first-order valence-corrected chi connectivity index (χ1v) is 6.29. The first-order valence-electron chi connectivity index (χ1n) is 6.29. The summed E-state index contributed by atoms with van der Waals surface area (Å²) in [4.78, 5) is 10.6. The summed E-state index contributed by atoms with van der Waals surface area (Å²) in [7, 11) is 0. The highest BCUT2D eigenvalue weighted by molar-refractivity contribution is 5.57. The molecule has 1 fully saturated rings. The molecule has 0 saturated carbocycles. The molecule has 4 N–H and O–H groups in total. The van der Waals surface area contributed by atoms with Crippen molar-refractivity contribution >= 4 is 11.6 Å². The highest BCUT2D eigenvalue weighted by Crippen LogP contribution is 2.27. The van der Waals surface area contributed by atoms with E-state index in [2.05, 4.69) is 20.3 Å². The Labute approximate surface area is 107 Å². The standard InChI is InChI=1S/C12H21N5O/c1-9-10(16-13)14-8-15-11(9)17-6-3-4-12(2,18)5-7-17/h8,18H,3-7,13H2,1-2H3,(H,14,15,16). The van der Waals surface area contributed by atoms with Gasteiger partial charge in [-0.1, -0.05) is 0 Å². The fourth-order valence-electron chi connectivity index (χ4n) is 2.38. The number of hydrogen-bond acceptors (Lipinski definition) is 6. The van der Waals surface area contributed by atoms with Crippen molar-refractivity contribution in [3.05, 3.63) is 11.9 Å². The minimum atomic E-state index is -0.565. The molecule has 0 bridgehead atoms. The SMILES string of the molecule is Cc1c(NN)ncnc1N1CCCC(C)(O)CC1. The molecule has 100 valence electrons. The van der Waals surface area contributed by atoms with Crippen LogP contribution in [0.1, 0.15) is 31.7 Å². The summed E-state index contributed by atoms with van der Waals surface area (Å²) >= 11 is 0. The summed E-state index contributed by atoms with van der Waals surface area (Å²) in [6.45, 7) is 5.55. The third-order valence-corrected chi connectivity index (χ3v) is 3.56. The predicted octanol–water partition coefficient (Wildman–Crippen LogP) is 0.812. The number of nitrogens with two attached hydrogens (primary N) is 1. The molecule has 0 radical (unpaired) electrons.